The first kappa shape index (κ1) is 6.89. The Morgan fingerprint density at radius 3 is 3.00 bits per heavy atom. The Balaban J connectivity index is 2.52. The quantitative estimate of drug-likeness (QED) is 0.618. The second kappa shape index (κ2) is 3.08. The molecule has 0 fully saturated rings. The van der Waals surface area contributed by atoms with Crippen molar-refractivity contribution in [2.75, 3.05) is 11.5 Å². The minimum absolute atomic E-state index is 0.0282. The van der Waals surface area contributed by atoms with Gasteiger partial charge in [0.05, 0.1) is 11.8 Å². The van der Waals surface area contributed by atoms with Crippen molar-refractivity contribution in [3.63, 3.8) is 0 Å². The number of aromatic nitrogens is 2. The molecule has 0 aliphatic heterocycles. The van der Waals surface area contributed by atoms with Crippen molar-refractivity contribution in [2.45, 2.75) is 5.22 Å². The van der Waals surface area contributed by atoms with Crippen LogP contribution in [0.1, 0.15) is 0 Å². The van der Waals surface area contributed by atoms with Gasteiger partial charge in [-0.05, 0) is 11.8 Å². The molecule has 0 unspecified atom stereocenters. The summed E-state index contributed by atoms with van der Waals surface area (Å²) in [5.74, 6) is 0.293. The number of anilines is 1. The summed E-state index contributed by atoms with van der Waals surface area (Å²) in [6, 6.07) is 1.95. The number of thioether (sulfide) groups is 1. The predicted octanol–water partition coefficient (Wildman–Crippen LogP) is 0.267. The van der Waals surface area contributed by atoms with E-state index in [2.05, 4.69) is 10.2 Å². The average molecular weight is 156 g/mol. The van der Waals surface area contributed by atoms with Gasteiger partial charge in [-0.15, -0.1) is 0 Å². The molecule has 1 aromatic rings. The molecule has 6 heteroatoms. The molecule has 52 valence electrons. The minimum Gasteiger partial charge on any atom is -0.398 e. The van der Waals surface area contributed by atoms with E-state index in [-0.39, 0.29) is 6.01 Å². The van der Waals surface area contributed by atoms with Crippen LogP contribution >= 0.6 is 11.8 Å². The van der Waals surface area contributed by atoms with Gasteiger partial charge in [0.1, 0.15) is 0 Å². The molecule has 0 radical (unpaired) electrons. The summed E-state index contributed by atoms with van der Waals surface area (Å²) in [5, 5.41) is 15.4. The zero-order valence-corrected chi connectivity index (χ0v) is 5.76. The molecular formula is C4H4N4OS. The molecular weight excluding hydrogens is 152 g/mol. The Bertz CT molecular complexity index is 252. The van der Waals surface area contributed by atoms with E-state index in [0.29, 0.717) is 11.0 Å². The normalized spacial score (nSPS) is 9.10. The fraction of sp³-hybridized carbons (Fsp3) is 0.250. The summed E-state index contributed by atoms with van der Waals surface area (Å²) < 4.78 is 4.75. The van der Waals surface area contributed by atoms with Crippen LogP contribution in [0, 0.1) is 11.3 Å². The average Bonchev–Trinajstić information content (AvgIpc) is 2.31. The van der Waals surface area contributed by atoms with Gasteiger partial charge >= 0.3 is 6.01 Å². The Kier molecular flexibility index (Phi) is 2.12. The van der Waals surface area contributed by atoms with Crippen molar-refractivity contribution in [3.05, 3.63) is 0 Å². The largest absolute Gasteiger partial charge is 0.398 e. The maximum absolute atomic E-state index is 8.14. The first-order valence-electron chi connectivity index (χ1n) is 2.41. The highest BCUT2D eigenvalue weighted by molar-refractivity contribution is 7.99. The third-order valence-corrected chi connectivity index (χ3v) is 1.37. The van der Waals surface area contributed by atoms with Gasteiger partial charge in [0.25, 0.3) is 5.22 Å². The van der Waals surface area contributed by atoms with Crippen molar-refractivity contribution >= 4 is 17.8 Å². The van der Waals surface area contributed by atoms with Gasteiger partial charge < -0.3 is 10.2 Å². The number of nitrogens with zero attached hydrogens (tertiary/aromatic N) is 3. The maximum Gasteiger partial charge on any atom is 0.313 e. The molecule has 10 heavy (non-hydrogen) atoms. The van der Waals surface area contributed by atoms with E-state index in [9.17, 15) is 0 Å². The first-order valence-corrected chi connectivity index (χ1v) is 3.40. The number of nitrogens with two attached hydrogens (primary N) is 1. The zero-order valence-electron chi connectivity index (χ0n) is 4.94. The second-order valence-corrected chi connectivity index (χ2v) is 2.28. The number of rotatable bonds is 2. The molecule has 0 bridgehead atoms. The fourth-order valence-electron chi connectivity index (χ4n) is 0.373. The van der Waals surface area contributed by atoms with E-state index in [1.165, 1.54) is 0 Å². The van der Waals surface area contributed by atoms with Crippen LogP contribution in [0.2, 0.25) is 0 Å². The number of hydrogen-bond donors (Lipinski definition) is 1. The summed E-state index contributed by atoms with van der Waals surface area (Å²) in [6.45, 7) is 0. The summed E-state index contributed by atoms with van der Waals surface area (Å²) in [7, 11) is 0. The second-order valence-electron chi connectivity index (χ2n) is 1.35. The molecule has 0 aliphatic rings. The lowest BCUT2D eigenvalue weighted by atomic mass is 10.9. The smallest absolute Gasteiger partial charge is 0.313 e. The Morgan fingerprint density at radius 2 is 2.50 bits per heavy atom. The Hall–Kier alpha value is -1.22. The van der Waals surface area contributed by atoms with Crippen LogP contribution in [-0.4, -0.2) is 16.0 Å². The Morgan fingerprint density at radius 1 is 1.70 bits per heavy atom. The summed E-state index contributed by atoms with van der Waals surface area (Å²) >= 11 is 1.16. The third kappa shape index (κ3) is 1.63. The zero-order chi connectivity index (χ0) is 7.40. The van der Waals surface area contributed by atoms with Crippen LogP contribution in [0.5, 0.6) is 0 Å². The standard InChI is InChI=1S/C4H4N4OS/c5-1-2-10-4-8-7-3(6)9-4/h2H2,(H2,6,7). The van der Waals surface area contributed by atoms with Gasteiger partial charge in [0, 0.05) is 0 Å². The topological polar surface area (TPSA) is 88.7 Å². The van der Waals surface area contributed by atoms with Crippen molar-refractivity contribution in [1.29, 1.82) is 5.26 Å². The molecule has 0 aromatic carbocycles. The molecule has 0 aliphatic carbocycles. The van der Waals surface area contributed by atoms with Gasteiger partial charge in [0.2, 0.25) is 0 Å². The van der Waals surface area contributed by atoms with Crippen LogP contribution in [-0.2, 0) is 0 Å². The molecule has 0 spiro atoms. The highest BCUT2D eigenvalue weighted by Gasteiger charge is 2.00. The van der Waals surface area contributed by atoms with Crippen molar-refractivity contribution in [2.24, 2.45) is 0 Å². The molecule has 1 heterocycles. The lowest BCUT2D eigenvalue weighted by molar-refractivity contribution is 0.470. The highest BCUT2D eigenvalue weighted by Crippen LogP contribution is 2.15. The molecule has 0 saturated heterocycles. The third-order valence-electron chi connectivity index (χ3n) is 0.682. The fourth-order valence-corrected chi connectivity index (χ4v) is 0.804. The summed E-state index contributed by atoms with van der Waals surface area (Å²) in [4.78, 5) is 0. The molecule has 1 rings (SSSR count). The van der Waals surface area contributed by atoms with Crippen molar-refractivity contribution in [3.8, 4) is 6.07 Å². The number of nitriles is 1. The Labute approximate surface area is 61.2 Å². The van der Waals surface area contributed by atoms with Crippen LogP contribution in [0.25, 0.3) is 0 Å². The van der Waals surface area contributed by atoms with E-state index in [0.717, 1.165) is 11.8 Å². The summed E-state index contributed by atoms with van der Waals surface area (Å²) in [6.07, 6.45) is 0. The lowest BCUT2D eigenvalue weighted by Gasteiger charge is -1.81. The van der Waals surface area contributed by atoms with Gasteiger partial charge in [0.15, 0.2) is 0 Å². The molecule has 0 amide bonds. The van der Waals surface area contributed by atoms with Gasteiger partial charge in [-0.2, -0.15) is 5.26 Å². The molecule has 2 N–H and O–H groups in total. The van der Waals surface area contributed by atoms with Crippen LogP contribution in [0.4, 0.5) is 6.01 Å². The first-order chi connectivity index (χ1) is 4.83. The van der Waals surface area contributed by atoms with Crippen LogP contribution in [0.3, 0.4) is 0 Å². The molecule has 1 aromatic heterocycles. The predicted molar refractivity (Wildman–Crippen MR) is 35.0 cm³/mol. The van der Waals surface area contributed by atoms with E-state index >= 15 is 0 Å². The lowest BCUT2D eigenvalue weighted by Crippen LogP contribution is -1.81. The molecule has 0 saturated carbocycles. The van der Waals surface area contributed by atoms with Gasteiger partial charge in [-0.3, -0.25) is 0 Å². The minimum atomic E-state index is 0.0282. The molecule has 5 nitrogen and oxygen atoms in total. The van der Waals surface area contributed by atoms with E-state index in [1.54, 1.807) is 0 Å². The van der Waals surface area contributed by atoms with E-state index in [1.807, 2.05) is 6.07 Å². The van der Waals surface area contributed by atoms with Gasteiger partial charge in [-0.25, -0.2) is 0 Å². The van der Waals surface area contributed by atoms with Crippen molar-refractivity contribution in [1.82, 2.24) is 10.2 Å². The van der Waals surface area contributed by atoms with Crippen LogP contribution < -0.4 is 5.73 Å². The van der Waals surface area contributed by atoms with Crippen molar-refractivity contribution < 1.29 is 4.42 Å². The van der Waals surface area contributed by atoms with Gasteiger partial charge in [-0.1, -0.05) is 10.2 Å². The SMILES string of the molecule is N#CCSc1nnc(N)o1. The molecule has 0 atom stereocenters. The summed E-state index contributed by atoms with van der Waals surface area (Å²) in [5.41, 5.74) is 5.11. The maximum atomic E-state index is 8.14. The number of nitrogen functional groups attached to an aromatic ring is 1. The number of hydrogen-bond acceptors (Lipinski definition) is 6. The van der Waals surface area contributed by atoms with E-state index < -0.39 is 0 Å². The monoisotopic (exact) mass is 156 g/mol. The van der Waals surface area contributed by atoms with Crippen LogP contribution in [0.15, 0.2) is 9.64 Å². The highest BCUT2D eigenvalue weighted by atomic mass is 32.2. The van der Waals surface area contributed by atoms with E-state index in [4.69, 9.17) is 15.4 Å².